The molecule has 0 N–H and O–H groups in total. The standard InChI is InChI=1S/C13H19NO.C2H6/c1-12-5-4-6-13(11-12)15-10-9-14-7-2-3-8-14;1-2/h4-6,11H,2-3,7-10H2,1H3;1-2H3. The van der Waals surface area contributed by atoms with E-state index in [1.165, 1.54) is 31.5 Å². The maximum atomic E-state index is 5.71. The Balaban J connectivity index is 0.000000686. The van der Waals surface area contributed by atoms with E-state index in [1.807, 2.05) is 26.0 Å². The van der Waals surface area contributed by atoms with Gasteiger partial charge in [0.15, 0.2) is 0 Å². The number of likely N-dealkylation sites (tertiary alicyclic amines) is 1. The molecular weight excluding hydrogens is 210 g/mol. The van der Waals surface area contributed by atoms with Crippen LogP contribution in [0.3, 0.4) is 0 Å². The average molecular weight is 235 g/mol. The lowest BCUT2D eigenvalue weighted by atomic mass is 10.2. The molecule has 0 aromatic heterocycles. The maximum absolute atomic E-state index is 5.71. The third kappa shape index (κ3) is 5.22. The van der Waals surface area contributed by atoms with Gasteiger partial charge in [-0.15, -0.1) is 0 Å². The van der Waals surface area contributed by atoms with E-state index in [0.29, 0.717) is 0 Å². The van der Waals surface area contributed by atoms with Crippen molar-refractivity contribution in [3.8, 4) is 5.75 Å². The first-order chi connectivity index (χ1) is 8.34. The summed E-state index contributed by atoms with van der Waals surface area (Å²) in [5, 5.41) is 0. The van der Waals surface area contributed by atoms with Gasteiger partial charge >= 0.3 is 0 Å². The molecule has 1 saturated heterocycles. The summed E-state index contributed by atoms with van der Waals surface area (Å²) >= 11 is 0. The van der Waals surface area contributed by atoms with Crippen molar-refractivity contribution in [3.63, 3.8) is 0 Å². The van der Waals surface area contributed by atoms with Crippen molar-refractivity contribution < 1.29 is 4.74 Å². The number of hydrogen-bond donors (Lipinski definition) is 0. The van der Waals surface area contributed by atoms with Crippen molar-refractivity contribution in [3.05, 3.63) is 29.8 Å². The van der Waals surface area contributed by atoms with Gasteiger partial charge in [0.25, 0.3) is 0 Å². The van der Waals surface area contributed by atoms with Crippen LogP contribution in [-0.2, 0) is 0 Å². The first kappa shape index (κ1) is 14.0. The van der Waals surface area contributed by atoms with Gasteiger partial charge in [0.1, 0.15) is 12.4 Å². The summed E-state index contributed by atoms with van der Waals surface area (Å²) in [5.41, 5.74) is 1.26. The zero-order chi connectivity index (χ0) is 12.5. The maximum Gasteiger partial charge on any atom is 0.119 e. The fourth-order valence-corrected chi connectivity index (χ4v) is 2.00. The molecule has 0 spiro atoms. The molecule has 0 radical (unpaired) electrons. The van der Waals surface area contributed by atoms with E-state index in [4.69, 9.17) is 4.74 Å². The lowest BCUT2D eigenvalue weighted by Crippen LogP contribution is -2.25. The van der Waals surface area contributed by atoms with Crippen LogP contribution in [0.5, 0.6) is 5.75 Å². The van der Waals surface area contributed by atoms with Crippen molar-refractivity contribution in [2.45, 2.75) is 33.6 Å². The molecule has 96 valence electrons. The molecule has 0 aliphatic carbocycles. The van der Waals surface area contributed by atoms with Gasteiger partial charge in [0, 0.05) is 6.54 Å². The Bertz CT molecular complexity index is 306. The highest BCUT2D eigenvalue weighted by Crippen LogP contribution is 2.12. The predicted molar refractivity (Wildman–Crippen MR) is 73.7 cm³/mol. The second kappa shape index (κ2) is 8.13. The number of ether oxygens (including phenoxy) is 1. The van der Waals surface area contributed by atoms with Crippen LogP contribution in [0.25, 0.3) is 0 Å². The zero-order valence-electron chi connectivity index (χ0n) is 11.4. The summed E-state index contributed by atoms with van der Waals surface area (Å²) in [7, 11) is 0. The molecule has 0 bridgehead atoms. The summed E-state index contributed by atoms with van der Waals surface area (Å²) < 4.78 is 5.71. The van der Waals surface area contributed by atoms with Gasteiger partial charge in [-0.1, -0.05) is 26.0 Å². The Morgan fingerprint density at radius 2 is 1.88 bits per heavy atom. The Morgan fingerprint density at radius 3 is 2.53 bits per heavy atom. The molecule has 1 aliphatic rings. The van der Waals surface area contributed by atoms with Crippen LogP contribution in [0.4, 0.5) is 0 Å². The summed E-state index contributed by atoms with van der Waals surface area (Å²) in [6, 6.07) is 8.24. The van der Waals surface area contributed by atoms with Crippen molar-refractivity contribution in [2.24, 2.45) is 0 Å². The highest BCUT2D eigenvalue weighted by Gasteiger charge is 2.10. The van der Waals surface area contributed by atoms with E-state index in [2.05, 4.69) is 24.0 Å². The van der Waals surface area contributed by atoms with Crippen molar-refractivity contribution >= 4 is 0 Å². The molecule has 1 fully saturated rings. The zero-order valence-corrected chi connectivity index (χ0v) is 11.4. The first-order valence-corrected chi connectivity index (χ1v) is 6.76. The van der Waals surface area contributed by atoms with E-state index in [-0.39, 0.29) is 0 Å². The normalized spacial score (nSPS) is 15.2. The minimum Gasteiger partial charge on any atom is -0.492 e. The van der Waals surface area contributed by atoms with Crippen LogP contribution in [0, 0.1) is 6.92 Å². The van der Waals surface area contributed by atoms with E-state index in [9.17, 15) is 0 Å². The molecule has 2 heteroatoms. The number of rotatable bonds is 4. The van der Waals surface area contributed by atoms with Crippen LogP contribution in [0.15, 0.2) is 24.3 Å². The summed E-state index contributed by atoms with van der Waals surface area (Å²) in [6.07, 6.45) is 2.70. The molecule has 2 rings (SSSR count). The van der Waals surface area contributed by atoms with E-state index in [0.717, 1.165) is 18.9 Å². The molecule has 0 saturated carbocycles. The highest BCUT2D eigenvalue weighted by atomic mass is 16.5. The SMILES string of the molecule is CC.Cc1cccc(OCCN2CCCC2)c1. The summed E-state index contributed by atoms with van der Waals surface area (Å²) in [5.74, 6) is 0.995. The third-order valence-electron chi connectivity index (χ3n) is 2.86. The second-order valence-corrected chi connectivity index (χ2v) is 4.21. The van der Waals surface area contributed by atoms with Gasteiger partial charge in [-0.3, -0.25) is 4.90 Å². The monoisotopic (exact) mass is 235 g/mol. The Kier molecular flexibility index (Phi) is 6.71. The topological polar surface area (TPSA) is 12.5 Å². The van der Waals surface area contributed by atoms with Gasteiger partial charge < -0.3 is 4.74 Å². The Morgan fingerprint density at radius 1 is 1.18 bits per heavy atom. The minimum absolute atomic E-state index is 0.809. The second-order valence-electron chi connectivity index (χ2n) is 4.21. The highest BCUT2D eigenvalue weighted by molar-refractivity contribution is 5.27. The van der Waals surface area contributed by atoms with Crippen LogP contribution in [0.1, 0.15) is 32.3 Å². The number of aryl methyl sites for hydroxylation is 1. The quantitative estimate of drug-likeness (QED) is 0.792. The molecule has 0 atom stereocenters. The summed E-state index contributed by atoms with van der Waals surface area (Å²) in [6.45, 7) is 10.5. The van der Waals surface area contributed by atoms with Gasteiger partial charge in [-0.25, -0.2) is 0 Å². The van der Waals surface area contributed by atoms with Gasteiger partial charge in [-0.05, 0) is 50.6 Å². The van der Waals surface area contributed by atoms with Crippen molar-refractivity contribution in [1.29, 1.82) is 0 Å². The predicted octanol–water partition coefficient (Wildman–Crippen LogP) is 3.50. The van der Waals surface area contributed by atoms with E-state index in [1.54, 1.807) is 0 Å². The lowest BCUT2D eigenvalue weighted by molar-refractivity contribution is 0.237. The molecule has 1 aromatic rings. The molecule has 2 nitrogen and oxygen atoms in total. The summed E-state index contributed by atoms with van der Waals surface area (Å²) in [4.78, 5) is 2.47. The van der Waals surface area contributed by atoms with Crippen molar-refractivity contribution in [1.82, 2.24) is 4.90 Å². The van der Waals surface area contributed by atoms with Crippen LogP contribution >= 0.6 is 0 Å². The smallest absolute Gasteiger partial charge is 0.119 e. The Hall–Kier alpha value is -1.02. The van der Waals surface area contributed by atoms with Crippen LogP contribution < -0.4 is 4.74 Å². The number of hydrogen-bond acceptors (Lipinski definition) is 2. The molecule has 1 aromatic carbocycles. The van der Waals surface area contributed by atoms with Crippen molar-refractivity contribution in [2.75, 3.05) is 26.2 Å². The van der Waals surface area contributed by atoms with Gasteiger partial charge in [-0.2, -0.15) is 0 Å². The largest absolute Gasteiger partial charge is 0.492 e. The third-order valence-corrected chi connectivity index (χ3v) is 2.86. The average Bonchev–Trinajstić information content (AvgIpc) is 2.85. The van der Waals surface area contributed by atoms with Crippen LogP contribution in [0.2, 0.25) is 0 Å². The van der Waals surface area contributed by atoms with Gasteiger partial charge in [0.05, 0.1) is 0 Å². The minimum atomic E-state index is 0.809. The fourth-order valence-electron chi connectivity index (χ4n) is 2.00. The molecule has 1 aliphatic heterocycles. The molecular formula is C15H25NO. The Labute approximate surface area is 106 Å². The molecule has 17 heavy (non-hydrogen) atoms. The van der Waals surface area contributed by atoms with E-state index < -0.39 is 0 Å². The lowest BCUT2D eigenvalue weighted by Gasteiger charge is -2.14. The molecule has 0 unspecified atom stereocenters. The number of nitrogens with zero attached hydrogens (tertiary/aromatic N) is 1. The van der Waals surface area contributed by atoms with Gasteiger partial charge in [0.2, 0.25) is 0 Å². The first-order valence-electron chi connectivity index (χ1n) is 6.76. The molecule has 1 heterocycles. The van der Waals surface area contributed by atoms with E-state index >= 15 is 0 Å². The number of benzene rings is 1. The van der Waals surface area contributed by atoms with Crippen LogP contribution in [-0.4, -0.2) is 31.1 Å². The molecule has 0 amide bonds. The fraction of sp³-hybridized carbons (Fsp3) is 0.600.